The zero-order chi connectivity index (χ0) is 21.2. The molecule has 1 atom stereocenters. The number of morpholine rings is 1. The van der Waals surface area contributed by atoms with E-state index in [1.54, 1.807) is 6.20 Å². The van der Waals surface area contributed by atoms with Gasteiger partial charge in [-0.15, -0.1) is 0 Å². The van der Waals surface area contributed by atoms with Gasteiger partial charge in [0.1, 0.15) is 11.6 Å². The van der Waals surface area contributed by atoms with Crippen LogP contribution >= 0.6 is 0 Å². The molecule has 4 heterocycles. The molecule has 0 amide bonds. The van der Waals surface area contributed by atoms with Gasteiger partial charge in [-0.3, -0.25) is 4.79 Å². The quantitative estimate of drug-likeness (QED) is 0.596. The number of aromatic amines is 1. The number of fused-ring (bicyclic) bond motifs is 1. The number of aromatic nitrogens is 2. The number of ether oxygens (including phenoxy) is 1. The largest absolute Gasteiger partial charge is 0.378 e. The predicted molar refractivity (Wildman–Crippen MR) is 125 cm³/mol. The van der Waals surface area contributed by atoms with Gasteiger partial charge in [-0.05, 0) is 54.6 Å². The van der Waals surface area contributed by atoms with Crippen molar-refractivity contribution in [2.75, 3.05) is 54.5 Å². The molecule has 0 saturated carbocycles. The SMILES string of the molecule is NC1CCCN(c2cc3cc[nH]c(=O)c3c(Nc3ccc(N4CCOCC4)cc3)n2)C1. The van der Waals surface area contributed by atoms with Crippen molar-refractivity contribution in [1.29, 1.82) is 0 Å². The number of pyridine rings is 2. The van der Waals surface area contributed by atoms with E-state index in [0.29, 0.717) is 11.2 Å². The average Bonchev–Trinajstić information content (AvgIpc) is 2.80. The third kappa shape index (κ3) is 4.22. The standard InChI is InChI=1S/C23H28N6O2/c24-17-2-1-9-29(15-17)20-14-16-7-8-25-23(30)21(16)22(27-20)26-18-3-5-19(6-4-18)28-10-12-31-13-11-28/h3-8,14,17H,1-2,9-13,15,24H2,(H,25,30)(H,26,27). The Morgan fingerprint density at radius 1 is 1.10 bits per heavy atom. The number of nitrogens with zero attached hydrogens (tertiary/aromatic N) is 3. The summed E-state index contributed by atoms with van der Waals surface area (Å²) in [4.78, 5) is 24.7. The van der Waals surface area contributed by atoms with E-state index in [0.717, 1.165) is 69.1 Å². The van der Waals surface area contributed by atoms with Crippen LogP contribution in [0.1, 0.15) is 12.8 Å². The van der Waals surface area contributed by atoms with E-state index in [1.807, 2.05) is 24.3 Å². The second-order valence-electron chi connectivity index (χ2n) is 8.22. The molecular weight excluding hydrogens is 392 g/mol. The van der Waals surface area contributed by atoms with Crippen LogP contribution < -0.4 is 26.4 Å². The van der Waals surface area contributed by atoms with Crippen LogP contribution in [0, 0.1) is 0 Å². The van der Waals surface area contributed by atoms with E-state index < -0.39 is 0 Å². The molecule has 2 aliphatic rings. The number of anilines is 4. The summed E-state index contributed by atoms with van der Waals surface area (Å²) >= 11 is 0. The fraction of sp³-hybridized carbons (Fsp3) is 0.391. The van der Waals surface area contributed by atoms with Crippen LogP contribution in [0.3, 0.4) is 0 Å². The van der Waals surface area contributed by atoms with Gasteiger partial charge in [-0.1, -0.05) is 0 Å². The molecule has 3 aromatic rings. The van der Waals surface area contributed by atoms with Gasteiger partial charge < -0.3 is 30.6 Å². The Morgan fingerprint density at radius 3 is 2.68 bits per heavy atom. The van der Waals surface area contributed by atoms with Crippen molar-refractivity contribution in [1.82, 2.24) is 9.97 Å². The molecule has 162 valence electrons. The topological polar surface area (TPSA) is 99.5 Å². The number of benzene rings is 1. The van der Waals surface area contributed by atoms with Gasteiger partial charge in [0.2, 0.25) is 0 Å². The number of nitrogens with two attached hydrogens (primary N) is 1. The molecule has 0 bridgehead atoms. The number of hydrogen-bond donors (Lipinski definition) is 3. The monoisotopic (exact) mass is 420 g/mol. The normalized spacial score (nSPS) is 19.6. The third-order valence-corrected chi connectivity index (χ3v) is 6.03. The Hall–Kier alpha value is -3.10. The molecule has 1 aromatic carbocycles. The van der Waals surface area contributed by atoms with Crippen molar-refractivity contribution in [2.45, 2.75) is 18.9 Å². The van der Waals surface area contributed by atoms with E-state index in [2.05, 4.69) is 32.2 Å². The molecule has 8 nitrogen and oxygen atoms in total. The van der Waals surface area contributed by atoms with E-state index in [-0.39, 0.29) is 11.6 Å². The Bertz CT molecular complexity index is 1110. The molecular formula is C23H28N6O2. The minimum absolute atomic E-state index is 0.148. The highest BCUT2D eigenvalue weighted by Crippen LogP contribution is 2.29. The van der Waals surface area contributed by atoms with Crippen molar-refractivity contribution in [3.05, 3.63) is 52.9 Å². The zero-order valence-corrected chi connectivity index (χ0v) is 17.5. The summed E-state index contributed by atoms with van der Waals surface area (Å²) in [5, 5.41) is 4.80. The van der Waals surface area contributed by atoms with Crippen molar-refractivity contribution in [3.8, 4) is 0 Å². The number of nitrogens with one attached hydrogen (secondary N) is 2. The maximum atomic E-state index is 12.6. The van der Waals surface area contributed by atoms with Crippen molar-refractivity contribution in [2.24, 2.45) is 5.73 Å². The van der Waals surface area contributed by atoms with Crippen LogP contribution in [0.4, 0.5) is 23.0 Å². The first kappa shape index (κ1) is 19.8. The highest BCUT2D eigenvalue weighted by molar-refractivity contribution is 5.94. The van der Waals surface area contributed by atoms with E-state index in [9.17, 15) is 4.79 Å². The van der Waals surface area contributed by atoms with Crippen molar-refractivity contribution in [3.63, 3.8) is 0 Å². The van der Waals surface area contributed by atoms with Gasteiger partial charge in [0, 0.05) is 49.8 Å². The van der Waals surface area contributed by atoms with Gasteiger partial charge in [0.15, 0.2) is 0 Å². The Labute approximate surface area is 181 Å². The lowest BCUT2D eigenvalue weighted by atomic mass is 10.1. The lowest BCUT2D eigenvalue weighted by molar-refractivity contribution is 0.122. The van der Waals surface area contributed by atoms with E-state index >= 15 is 0 Å². The molecule has 4 N–H and O–H groups in total. The van der Waals surface area contributed by atoms with Gasteiger partial charge in [0.05, 0.1) is 18.6 Å². The van der Waals surface area contributed by atoms with E-state index in [1.165, 1.54) is 5.69 Å². The second kappa shape index (κ2) is 8.56. The first-order chi connectivity index (χ1) is 15.2. The van der Waals surface area contributed by atoms with Crippen LogP contribution in [0.15, 0.2) is 47.4 Å². The van der Waals surface area contributed by atoms with Crippen LogP contribution in [-0.2, 0) is 4.74 Å². The minimum Gasteiger partial charge on any atom is -0.378 e. The molecule has 8 heteroatoms. The molecule has 2 aliphatic heterocycles. The summed E-state index contributed by atoms with van der Waals surface area (Å²) < 4.78 is 5.44. The van der Waals surface area contributed by atoms with Crippen LogP contribution in [0.5, 0.6) is 0 Å². The lowest BCUT2D eigenvalue weighted by Gasteiger charge is -2.32. The number of hydrogen-bond acceptors (Lipinski definition) is 7. The summed E-state index contributed by atoms with van der Waals surface area (Å²) in [5.74, 6) is 1.41. The van der Waals surface area contributed by atoms with Crippen molar-refractivity contribution < 1.29 is 4.74 Å². The summed E-state index contributed by atoms with van der Waals surface area (Å²) in [6.07, 6.45) is 3.75. The molecule has 2 saturated heterocycles. The van der Waals surface area contributed by atoms with Crippen LogP contribution in [-0.4, -0.2) is 55.4 Å². The second-order valence-corrected chi connectivity index (χ2v) is 8.22. The van der Waals surface area contributed by atoms with Gasteiger partial charge >= 0.3 is 0 Å². The summed E-state index contributed by atoms with van der Waals surface area (Å²) in [6, 6.07) is 12.3. The molecule has 31 heavy (non-hydrogen) atoms. The van der Waals surface area contributed by atoms with Crippen LogP contribution in [0.2, 0.25) is 0 Å². The third-order valence-electron chi connectivity index (χ3n) is 6.03. The molecule has 5 rings (SSSR count). The highest BCUT2D eigenvalue weighted by Gasteiger charge is 2.20. The molecule has 2 aromatic heterocycles. The van der Waals surface area contributed by atoms with E-state index in [4.69, 9.17) is 15.5 Å². The molecule has 1 unspecified atom stereocenters. The Morgan fingerprint density at radius 2 is 1.90 bits per heavy atom. The predicted octanol–water partition coefficient (Wildman–Crippen LogP) is 2.43. The maximum Gasteiger partial charge on any atom is 0.259 e. The number of H-pyrrole nitrogens is 1. The fourth-order valence-corrected chi connectivity index (χ4v) is 4.38. The maximum absolute atomic E-state index is 12.6. The molecule has 0 aliphatic carbocycles. The Balaban J connectivity index is 1.47. The average molecular weight is 421 g/mol. The minimum atomic E-state index is -0.153. The summed E-state index contributed by atoms with van der Waals surface area (Å²) in [6.45, 7) is 5.00. The zero-order valence-electron chi connectivity index (χ0n) is 17.5. The Kier molecular flexibility index (Phi) is 5.48. The fourth-order valence-electron chi connectivity index (χ4n) is 4.38. The molecule has 2 fully saturated rings. The highest BCUT2D eigenvalue weighted by atomic mass is 16.5. The van der Waals surface area contributed by atoms with Gasteiger partial charge in [0.25, 0.3) is 5.56 Å². The first-order valence-corrected chi connectivity index (χ1v) is 10.9. The number of piperidine rings is 1. The molecule has 0 spiro atoms. The van der Waals surface area contributed by atoms with Gasteiger partial charge in [-0.25, -0.2) is 4.98 Å². The lowest BCUT2D eigenvalue weighted by Crippen LogP contribution is -2.43. The number of rotatable bonds is 4. The molecule has 0 radical (unpaired) electrons. The first-order valence-electron chi connectivity index (χ1n) is 10.9. The summed E-state index contributed by atoms with van der Waals surface area (Å²) in [7, 11) is 0. The smallest absolute Gasteiger partial charge is 0.259 e. The summed E-state index contributed by atoms with van der Waals surface area (Å²) in [5.41, 5.74) is 8.09. The van der Waals surface area contributed by atoms with Crippen molar-refractivity contribution >= 4 is 33.8 Å². The van der Waals surface area contributed by atoms with Crippen LogP contribution in [0.25, 0.3) is 10.8 Å². The van der Waals surface area contributed by atoms with Gasteiger partial charge in [-0.2, -0.15) is 0 Å².